The number of aliphatic hydroxyl groups is 3. The number of pyridine rings is 3. The number of hydrogen-bond acceptors (Lipinski definition) is 19. The molecule has 0 spiro atoms. The molecule has 0 bridgehead atoms. The van der Waals surface area contributed by atoms with Gasteiger partial charge < -0.3 is 65.7 Å². The first kappa shape index (κ1) is 78.5. The van der Waals surface area contributed by atoms with Crippen LogP contribution in [0.1, 0.15) is 175 Å². The van der Waals surface area contributed by atoms with Crippen LogP contribution < -0.4 is 17.2 Å². The molecule has 105 heavy (non-hydrogen) atoms. The number of likely N-dealkylation sites (N-methyl/N-ethyl adjacent to an activating group) is 1. The molecular formula is C80H103F3N18O4. The topological polar surface area (TPSA) is 289 Å². The molecule has 0 aromatic carbocycles. The van der Waals surface area contributed by atoms with Gasteiger partial charge in [0.2, 0.25) is 17.8 Å². The third-order valence-corrected chi connectivity index (χ3v) is 20.9. The number of nitrogens with zero attached hydrogens (tertiary/aromatic N) is 15. The lowest BCUT2D eigenvalue weighted by Crippen LogP contribution is -2.24. The molecule has 6 aliphatic rings. The van der Waals surface area contributed by atoms with E-state index in [2.05, 4.69) is 118 Å². The van der Waals surface area contributed by atoms with E-state index in [1.54, 1.807) is 40.3 Å². The molecule has 22 nitrogen and oxygen atoms in total. The van der Waals surface area contributed by atoms with Gasteiger partial charge in [-0.05, 0) is 165 Å². The van der Waals surface area contributed by atoms with Crippen LogP contribution in [-0.4, -0.2) is 178 Å². The largest absolute Gasteiger partial charge is 0.385 e. The number of halogens is 3. The predicted octanol–water partition coefficient (Wildman–Crippen LogP) is 12.0. The summed E-state index contributed by atoms with van der Waals surface area (Å²) in [4.78, 5) is 45.1. The number of methoxy groups -OCH3 is 1. The van der Waals surface area contributed by atoms with Crippen LogP contribution in [0, 0.1) is 77.7 Å². The van der Waals surface area contributed by atoms with Gasteiger partial charge in [0, 0.05) is 129 Å². The van der Waals surface area contributed by atoms with E-state index in [-0.39, 0.29) is 93.1 Å². The van der Waals surface area contributed by atoms with Gasteiger partial charge in [0.15, 0.2) is 17.5 Å². The number of nitrogen functional groups attached to an aromatic ring is 3. The molecule has 0 radical (unpaired) electrons. The number of likely N-dealkylation sites (tertiary alicyclic amines) is 3. The van der Waals surface area contributed by atoms with E-state index < -0.39 is 34.3 Å². The average molecular weight is 1440 g/mol. The van der Waals surface area contributed by atoms with Crippen LogP contribution in [-0.2, 0) is 4.74 Å². The lowest BCUT2D eigenvalue weighted by atomic mass is 10.0. The molecule has 9 aromatic rings. The minimum atomic E-state index is -1.03. The van der Waals surface area contributed by atoms with Crippen LogP contribution in [0.5, 0.6) is 0 Å². The third kappa shape index (κ3) is 17.7. The zero-order valence-electron chi connectivity index (χ0n) is 59.2. The Morgan fingerprint density at radius 3 is 1.27 bits per heavy atom. The summed E-state index contributed by atoms with van der Waals surface area (Å²) in [6.45, 7) is 21.2. The van der Waals surface area contributed by atoms with Gasteiger partial charge >= 0.3 is 0 Å². The van der Waals surface area contributed by atoms with E-state index in [1.165, 1.54) is 12.8 Å². The lowest BCUT2D eigenvalue weighted by molar-refractivity contribution is 0.0976. The van der Waals surface area contributed by atoms with E-state index in [4.69, 9.17) is 26.9 Å². The summed E-state index contributed by atoms with van der Waals surface area (Å²) < 4.78 is 56.2. The standard InChI is InChI=1S/C26H31FN6O2.C26H31FN6O.C25H29FN6O.3CH4/c1-26(34,17-4-5-17)8-6-18-12-20-21(24-22(27)13-30-25(28)31-24)16-33(23(20)14-29-18)19-7-10-32(15-19)9-3-11-35-2;1-3-4-10-32-11-8-19(15-32)33-16-21(24-22(27)13-30-25(28)31-24)20-12-18(29-14-23(20)33)7-9-26(2,34)17-5-6-17;1-4-31-10-8-18(13-31)32-14-20(22-21(26)12-28-24(27)30-22)19-11-17(29-15(2)23(19)32)7-9-25(3,33)16-5-6-16;;;/h12-14,16-17,19,34H,3-5,7,9-11,15H2,1-2H3,(H2,28,30,31);12-14,16-17,19,34H,3-6,8,10-11,15H2,1-2H3,(H2,28,30,31);11-12,14,16,18,33H,4-6,8,10,13H2,1-3H3,(H2,27,28,30);3*1H4. The Morgan fingerprint density at radius 2 is 0.867 bits per heavy atom. The van der Waals surface area contributed by atoms with Crippen molar-refractivity contribution < 1.29 is 33.2 Å². The minimum Gasteiger partial charge on any atom is -0.385 e. The first-order valence-electron chi connectivity index (χ1n) is 35.8. The normalized spacial score (nSPS) is 19.7. The van der Waals surface area contributed by atoms with Gasteiger partial charge in [-0.25, -0.2) is 58.0 Å². The van der Waals surface area contributed by atoms with Gasteiger partial charge in [-0.1, -0.05) is 60.3 Å². The Morgan fingerprint density at radius 1 is 0.495 bits per heavy atom. The quantitative estimate of drug-likeness (QED) is 0.0365. The van der Waals surface area contributed by atoms with Crippen LogP contribution in [0.2, 0.25) is 0 Å². The monoisotopic (exact) mass is 1440 g/mol. The van der Waals surface area contributed by atoms with Crippen molar-refractivity contribution in [3.8, 4) is 69.3 Å². The summed E-state index contributed by atoms with van der Waals surface area (Å²) in [6.07, 6.45) is 25.1. The number of aryl methyl sites for hydroxylation is 1. The van der Waals surface area contributed by atoms with Crippen molar-refractivity contribution in [1.29, 1.82) is 0 Å². The molecular weight excluding hydrogens is 1330 g/mol. The van der Waals surface area contributed by atoms with E-state index in [9.17, 15) is 28.5 Å². The van der Waals surface area contributed by atoms with Crippen molar-refractivity contribution in [3.63, 3.8) is 0 Å². The fourth-order valence-corrected chi connectivity index (χ4v) is 14.6. The molecule has 6 fully saturated rings. The number of anilines is 3. The van der Waals surface area contributed by atoms with Crippen molar-refractivity contribution in [1.82, 2.24) is 73.3 Å². The zero-order valence-corrected chi connectivity index (χ0v) is 59.2. The fourth-order valence-electron chi connectivity index (χ4n) is 14.6. The van der Waals surface area contributed by atoms with Gasteiger partial charge in [-0.3, -0.25) is 0 Å². The smallest absolute Gasteiger partial charge is 0.220 e. The van der Waals surface area contributed by atoms with Gasteiger partial charge in [0.05, 0.1) is 53.2 Å². The Kier molecular flexibility index (Phi) is 24.5. The molecule has 9 N–H and O–H groups in total. The SMILES string of the molecule is C.C.C.CCCCN1CCC(n2cc(-c3nc(N)ncc3F)c3cc(C#CC(C)(O)C4CC4)ncc32)C1.CCN1CCC(n2cc(-c3nc(N)ncc3F)c3cc(C#CC(C)(O)C4CC4)nc(C)c32)C1.COCCCN1CCC(n2cc(-c3nc(N)ncc3F)c3cc(C#CC(C)(O)C4CC4)ncc32)C1. The lowest BCUT2D eigenvalue weighted by Gasteiger charge is -2.17. The van der Waals surface area contributed by atoms with Gasteiger partial charge in [-0.2, -0.15) is 0 Å². The molecule has 6 atom stereocenters. The van der Waals surface area contributed by atoms with Crippen LogP contribution in [0.3, 0.4) is 0 Å². The molecule has 0 amide bonds. The van der Waals surface area contributed by atoms with Gasteiger partial charge in [0.1, 0.15) is 51.0 Å². The van der Waals surface area contributed by atoms with Crippen LogP contribution >= 0.6 is 0 Å². The van der Waals surface area contributed by atoms with Crippen molar-refractivity contribution in [2.75, 3.05) is 89.8 Å². The number of fused-ring (bicyclic) bond motifs is 3. The Hall–Kier alpha value is -9.10. The molecule has 3 saturated heterocycles. The summed E-state index contributed by atoms with van der Waals surface area (Å²) in [6, 6.07) is 6.33. The predicted molar refractivity (Wildman–Crippen MR) is 408 cm³/mol. The molecule has 558 valence electrons. The van der Waals surface area contributed by atoms with E-state index in [0.29, 0.717) is 33.8 Å². The average Bonchev–Trinajstić information content (AvgIpc) is 1.61. The molecule has 12 heterocycles. The second-order valence-electron chi connectivity index (χ2n) is 28.8. The second kappa shape index (κ2) is 32.7. The highest BCUT2D eigenvalue weighted by Crippen LogP contribution is 2.43. The van der Waals surface area contributed by atoms with E-state index in [1.807, 2.05) is 43.7 Å². The summed E-state index contributed by atoms with van der Waals surface area (Å²) in [7, 11) is 1.72. The first-order valence-corrected chi connectivity index (χ1v) is 35.8. The highest BCUT2D eigenvalue weighted by molar-refractivity contribution is 5.98. The number of nitrogens with two attached hydrogens (primary N) is 3. The number of rotatable bonds is 17. The Labute approximate surface area is 614 Å². The molecule has 3 aliphatic carbocycles. The van der Waals surface area contributed by atoms with Crippen LogP contribution in [0.25, 0.3) is 66.5 Å². The van der Waals surface area contributed by atoms with Crippen molar-refractivity contribution in [3.05, 3.63) is 108 Å². The maximum absolute atomic E-state index is 14.8. The maximum Gasteiger partial charge on any atom is 0.220 e. The van der Waals surface area contributed by atoms with E-state index >= 15 is 0 Å². The van der Waals surface area contributed by atoms with Crippen LogP contribution in [0.15, 0.2) is 67.8 Å². The molecule has 3 saturated carbocycles. The molecule has 6 unspecified atom stereocenters. The second-order valence-corrected chi connectivity index (χ2v) is 28.8. The fraction of sp³-hybridized carbons (Fsp3) is 0.512. The number of hydrogen-bond donors (Lipinski definition) is 6. The Bertz CT molecular complexity index is 4790. The molecule has 25 heteroatoms. The third-order valence-electron chi connectivity index (χ3n) is 20.9. The van der Waals surface area contributed by atoms with Gasteiger partial charge in [-0.15, -0.1) is 0 Å². The highest BCUT2D eigenvalue weighted by atomic mass is 19.1. The van der Waals surface area contributed by atoms with Crippen LogP contribution in [0.4, 0.5) is 31.0 Å². The summed E-state index contributed by atoms with van der Waals surface area (Å²) in [5.41, 5.74) is 21.9. The summed E-state index contributed by atoms with van der Waals surface area (Å²) in [5.74, 6) is 17.2. The molecule has 3 aliphatic heterocycles. The highest BCUT2D eigenvalue weighted by Gasteiger charge is 2.41. The Balaban J connectivity index is 0.000000166. The zero-order chi connectivity index (χ0) is 71.8. The molecule has 9 aromatic heterocycles. The van der Waals surface area contributed by atoms with E-state index in [0.717, 1.165) is 187 Å². The number of unbranched alkanes of at least 4 members (excludes halogenated alkanes) is 1. The minimum absolute atomic E-state index is 0. The number of aromatic nitrogens is 12. The molecule has 15 rings (SSSR count). The van der Waals surface area contributed by atoms with Crippen molar-refractivity contribution in [2.24, 2.45) is 17.8 Å². The van der Waals surface area contributed by atoms with Crippen molar-refractivity contribution in [2.45, 2.75) is 176 Å². The van der Waals surface area contributed by atoms with Crippen molar-refractivity contribution >= 4 is 50.6 Å². The number of ether oxygens (including phenoxy) is 1. The summed E-state index contributed by atoms with van der Waals surface area (Å²) >= 11 is 0. The van der Waals surface area contributed by atoms with Gasteiger partial charge in [0.25, 0.3) is 0 Å². The maximum atomic E-state index is 14.8. The first-order chi connectivity index (χ1) is 49.0. The summed E-state index contributed by atoms with van der Waals surface area (Å²) in [5, 5.41) is 34.2.